The summed E-state index contributed by atoms with van der Waals surface area (Å²) in [4.78, 5) is 0. The Morgan fingerprint density at radius 3 is 3.00 bits per heavy atom. The number of rotatable bonds is 4. The van der Waals surface area contributed by atoms with E-state index in [1.54, 1.807) is 6.07 Å². The number of hydrogen-bond acceptors (Lipinski definition) is 2. The Morgan fingerprint density at radius 2 is 2.35 bits per heavy atom. The average molecular weight is 257 g/mol. The molecule has 0 bridgehead atoms. The van der Waals surface area contributed by atoms with Crippen LogP contribution < -0.4 is 10.6 Å². The van der Waals surface area contributed by atoms with Crippen LogP contribution in [0.1, 0.15) is 26.2 Å². The number of halogens is 2. The molecule has 0 spiro atoms. The summed E-state index contributed by atoms with van der Waals surface area (Å²) < 4.78 is 13.1. The molecule has 1 aromatic carbocycles. The third kappa shape index (κ3) is 3.86. The molecular formula is C13H18ClFN2. The van der Waals surface area contributed by atoms with Crippen LogP contribution in [0.15, 0.2) is 18.2 Å². The van der Waals surface area contributed by atoms with E-state index in [-0.39, 0.29) is 5.82 Å². The molecule has 17 heavy (non-hydrogen) atoms. The van der Waals surface area contributed by atoms with E-state index < -0.39 is 0 Å². The molecular weight excluding hydrogens is 239 g/mol. The zero-order chi connectivity index (χ0) is 12.3. The number of nitrogens with one attached hydrogen (secondary N) is 2. The van der Waals surface area contributed by atoms with Gasteiger partial charge in [-0.15, -0.1) is 0 Å². The quantitative estimate of drug-likeness (QED) is 0.863. The molecule has 0 saturated carbocycles. The monoisotopic (exact) mass is 256 g/mol. The summed E-state index contributed by atoms with van der Waals surface area (Å²) in [6.07, 6.45) is 3.53. The Labute approximate surface area is 107 Å². The largest absolute Gasteiger partial charge is 0.382 e. The summed E-state index contributed by atoms with van der Waals surface area (Å²) in [5, 5.41) is 7.17. The lowest BCUT2D eigenvalue weighted by Gasteiger charge is -2.19. The van der Waals surface area contributed by atoms with Gasteiger partial charge in [-0.05, 0) is 50.9 Å². The van der Waals surface area contributed by atoms with Crippen molar-refractivity contribution in [3.05, 3.63) is 29.0 Å². The van der Waals surface area contributed by atoms with Gasteiger partial charge in [0.15, 0.2) is 0 Å². The Morgan fingerprint density at radius 1 is 1.53 bits per heavy atom. The Balaban J connectivity index is 1.90. The highest BCUT2D eigenvalue weighted by molar-refractivity contribution is 6.30. The maximum atomic E-state index is 13.1. The lowest BCUT2D eigenvalue weighted by molar-refractivity contribution is 0.523. The first-order valence-corrected chi connectivity index (χ1v) is 6.47. The molecule has 1 aliphatic rings. The van der Waals surface area contributed by atoms with Gasteiger partial charge in [0.05, 0.1) is 0 Å². The molecule has 2 atom stereocenters. The van der Waals surface area contributed by atoms with Crippen LogP contribution in [0.5, 0.6) is 0 Å². The standard InChI is InChI=1S/C13H18ClFN2/c1-9(5-12-3-2-4-16-12)17-13-7-10(14)6-11(15)8-13/h6-9,12,16-17H,2-5H2,1H3. The molecule has 1 aliphatic heterocycles. The van der Waals surface area contributed by atoms with Crippen LogP contribution in [0.2, 0.25) is 5.02 Å². The number of hydrogen-bond donors (Lipinski definition) is 2. The Hall–Kier alpha value is -0.800. The third-order valence-corrected chi connectivity index (χ3v) is 3.29. The molecule has 1 aromatic rings. The first kappa shape index (κ1) is 12.7. The van der Waals surface area contributed by atoms with Crippen LogP contribution in [0.25, 0.3) is 0 Å². The maximum absolute atomic E-state index is 13.1. The fourth-order valence-corrected chi connectivity index (χ4v) is 2.59. The highest BCUT2D eigenvalue weighted by atomic mass is 35.5. The molecule has 2 N–H and O–H groups in total. The van der Waals surface area contributed by atoms with Gasteiger partial charge in [-0.2, -0.15) is 0 Å². The van der Waals surface area contributed by atoms with Gasteiger partial charge < -0.3 is 10.6 Å². The van der Waals surface area contributed by atoms with E-state index in [1.807, 2.05) is 0 Å². The van der Waals surface area contributed by atoms with Crippen molar-refractivity contribution in [3.63, 3.8) is 0 Å². The molecule has 2 nitrogen and oxygen atoms in total. The highest BCUT2D eigenvalue weighted by Gasteiger charge is 2.16. The summed E-state index contributed by atoms with van der Waals surface area (Å²) in [7, 11) is 0. The fourth-order valence-electron chi connectivity index (χ4n) is 2.37. The molecule has 0 radical (unpaired) electrons. The summed E-state index contributed by atoms with van der Waals surface area (Å²) in [5.41, 5.74) is 0.750. The summed E-state index contributed by atoms with van der Waals surface area (Å²) in [6, 6.07) is 5.44. The van der Waals surface area contributed by atoms with Crippen molar-refractivity contribution in [2.45, 2.75) is 38.3 Å². The minimum absolute atomic E-state index is 0.300. The SMILES string of the molecule is CC(CC1CCCN1)Nc1cc(F)cc(Cl)c1. The van der Waals surface area contributed by atoms with Gasteiger partial charge in [0.25, 0.3) is 0 Å². The smallest absolute Gasteiger partial charge is 0.126 e. The molecule has 1 fully saturated rings. The zero-order valence-electron chi connectivity index (χ0n) is 9.97. The second kappa shape index (κ2) is 5.69. The fraction of sp³-hybridized carbons (Fsp3) is 0.538. The van der Waals surface area contributed by atoms with Gasteiger partial charge in [-0.25, -0.2) is 4.39 Å². The number of anilines is 1. The van der Waals surface area contributed by atoms with Crippen molar-refractivity contribution in [3.8, 4) is 0 Å². The minimum atomic E-state index is -0.300. The normalized spacial score (nSPS) is 21.5. The van der Waals surface area contributed by atoms with Gasteiger partial charge in [-0.1, -0.05) is 11.6 Å². The Kier molecular flexibility index (Phi) is 4.24. The molecule has 0 amide bonds. The van der Waals surface area contributed by atoms with E-state index in [9.17, 15) is 4.39 Å². The molecule has 2 unspecified atom stereocenters. The third-order valence-electron chi connectivity index (χ3n) is 3.08. The van der Waals surface area contributed by atoms with Crippen molar-refractivity contribution in [2.75, 3.05) is 11.9 Å². The minimum Gasteiger partial charge on any atom is -0.382 e. The van der Waals surface area contributed by atoms with Crippen molar-refractivity contribution in [1.82, 2.24) is 5.32 Å². The molecule has 1 heterocycles. The second-order valence-corrected chi connectivity index (χ2v) is 5.17. The van der Waals surface area contributed by atoms with Crippen LogP contribution in [-0.4, -0.2) is 18.6 Å². The van der Waals surface area contributed by atoms with E-state index in [4.69, 9.17) is 11.6 Å². The second-order valence-electron chi connectivity index (χ2n) is 4.73. The predicted octanol–water partition coefficient (Wildman–Crippen LogP) is 3.42. The van der Waals surface area contributed by atoms with Gasteiger partial charge >= 0.3 is 0 Å². The molecule has 4 heteroatoms. The average Bonchev–Trinajstić information content (AvgIpc) is 2.67. The molecule has 2 rings (SSSR count). The van der Waals surface area contributed by atoms with Crippen LogP contribution in [0.4, 0.5) is 10.1 Å². The summed E-state index contributed by atoms with van der Waals surface area (Å²) in [6.45, 7) is 3.22. The van der Waals surface area contributed by atoms with Crippen molar-refractivity contribution in [1.29, 1.82) is 0 Å². The van der Waals surface area contributed by atoms with Crippen LogP contribution >= 0.6 is 11.6 Å². The highest BCUT2D eigenvalue weighted by Crippen LogP contribution is 2.20. The zero-order valence-corrected chi connectivity index (χ0v) is 10.7. The van der Waals surface area contributed by atoms with E-state index >= 15 is 0 Å². The van der Waals surface area contributed by atoms with E-state index in [2.05, 4.69) is 17.6 Å². The van der Waals surface area contributed by atoms with E-state index in [0.717, 1.165) is 18.7 Å². The van der Waals surface area contributed by atoms with E-state index in [0.29, 0.717) is 17.1 Å². The van der Waals surface area contributed by atoms with Crippen molar-refractivity contribution in [2.24, 2.45) is 0 Å². The number of benzene rings is 1. The van der Waals surface area contributed by atoms with Gasteiger partial charge in [0.2, 0.25) is 0 Å². The lowest BCUT2D eigenvalue weighted by Crippen LogP contribution is -2.29. The Bertz CT molecular complexity index is 357. The topological polar surface area (TPSA) is 24.1 Å². The van der Waals surface area contributed by atoms with Gasteiger partial charge in [0.1, 0.15) is 5.82 Å². The maximum Gasteiger partial charge on any atom is 0.126 e. The molecule has 1 saturated heterocycles. The van der Waals surface area contributed by atoms with Gasteiger partial charge in [-0.3, -0.25) is 0 Å². The predicted molar refractivity (Wildman–Crippen MR) is 70.1 cm³/mol. The first-order chi connectivity index (χ1) is 8.13. The summed E-state index contributed by atoms with van der Waals surface area (Å²) >= 11 is 5.81. The van der Waals surface area contributed by atoms with Crippen LogP contribution in [0.3, 0.4) is 0 Å². The van der Waals surface area contributed by atoms with Crippen molar-refractivity contribution >= 4 is 17.3 Å². The van der Waals surface area contributed by atoms with E-state index in [1.165, 1.54) is 25.0 Å². The van der Waals surface area contributed by atoms with Gasteiger partial charge in [0, 0.05) is 22.8 Å². The molecule has 0 aromatic heterocycles. The first-order valence-electron chi connectivity index (χ1n) is 6.09. The van der Waals surface area contributed by atoms with Crippen LogP contribution in [-0.2, 0) is 0 Å². The lowest BCUT2D eigenvalue weighted by atomic mass is 10.1. The molecule has 0 aliphatic carbocycles. The summed E-state index contributed by atoms with van der Waals surface area (Å²) in [5.74, 6) is -0.300. The van der Waals surface area contributed by atoms with Crippen molar-refractivity contribution < 1.29 is 4.39 Å². The van der Waals surface area contributed by atoms with Crippen LogP contribution in [0, 0.1) is 5.82 Å². The molecule has 94 valence electrons.